The summed E-state index contributed by atoms with van der Waals surface area (Å²) >= 11 is 6.29. The molecule has 4 rings (SSSR count). The Morgan fingerprint density at radius 2 is 1.74 bits per heavy atom. The number of aromatic nitrogens is 3. The first kappa shape index (κ1) is 21.2. The SMILES string of the molecule is FC(F)(F)c1cccnc1-c1ccc2c(Cl)nc(CCOCc3ccccc3)nc2c1. The van der Waals surface area contributed by atoms with Gasteiger partial charge in [0, 0.05) is 23.6 Å². The van der Waals surface area contributed by atoms with Crippen LogP contribution in [0.1, 0.15) is 17.0 Å². The third-order valence-corrected chi connectivity index (χ3v) is 4.95. The molecule has 31 heavy (non-hydrogen) atoms. The van der Waals surface area contributed by atoms with Gasteiger partial charge in [-0.25, -0.2) is 9.97 Å². The minimum absolute atomic E-state index is 0.153. The number of halogens is 4. The van der Waals surface area contributed by atoms with Crippen LogP contribution in [0, 0.1) is 0 Å². The standard InChI is InChI=1S/C23H17ClF3N3O/c24-22-17-9-8-16(21-18(23(25,26)27)7-4-11-28-21)13-19(17)29-20(30-22)10-12-31-14-15-5-2-1-3-6-15/h1-9,11,13H,10,12,14H2. The van der Waals surface area contributed by atoms with Crippen LogP contribution in [0.3, 0.4) is 0 Å². The molecule has 0 spiro atoms. The first-order valence-electron chi connectivity index (χ1n) is 9.52. The molecule has 0 N–H and O–H groups in total. The fraction of sp³-hybridized carbons (Fsp3) is 0.174. The summed E-state index contributed by atoms with van der Waals surface area (Å²) in [5.74, 6) is 0.458. The smallest absolute Gasteiger partial charge is 0.376 e. The predicted octanol–water partition coefficient (Wildman–Crippen LogP) is 6.12. The Kier molecular flexibility index (Phi) is 6.15. The highest BCUT2D eigenvalue weighted by Gasteiger charge is 2.34. The molecule has 0 saturated heterocycles. The summed E-state index contributed by atoms with van der Waals surface area (Å²) in [7, 11) is 0. The molecule has 0 radical (unpaired) electrons. The molecule has 0 aliphatic rings. The zero-order chi connectivity index (χ0) is 21.8. The molecule has 0 aliphatic heterocycles. The van der Waals surface area contributed by atoms with Gasteiger partial charge in [-0.2, -0.15) is 13.2 Å². The zero-order valence-corrected chi connectivity index (χ0v) is 17.0. The lowest BCUT2D eigenvalue weighted by molar-refractivity contribution is -0.137. The highest BCUT2D eigenvalue weighted by Crippen LogP contribution is 2.36. The maximum atomic E-state index is 13.4. The van der Waals surface area contributed by atoms with Crippen molar-refractivity contribution in [2.75, 3.05) is 6.61 Å². The van der Waals surface area contributed by atoms with Crippen LogP contribution < -0.4 is 0 Å². The molecule has 0 aliphatic carbocycles. The van der Waals surface area contributed by atoms with Crippen molar-refractivity contribution in [3.8, 4) is 11.3 Å². The number of alkyl halides is 3. The van der Waals surface area contributed by atoms with Crippen LogP contribution in [-0.2, 0) is 23.9 Å². The molecule has 0 bridgehead atoms. The van der Waals surface area contributed by atoms with Crippen LogP contribution in [0.15, 0.2) is 66.9 Å². The van der Waals surface area contributed by atoms with Crippen molar-refractivity contribution >= 4 is 22.5 Å². The van der Waals surface area contributed by atoms with Crippen LogP contribution in [-0.4, -0.2) is 21.6 Å². The van der Waals surface area contributed by atoms with Gasteiger partial charge in [-0.15, -0.1) is 0 Å². The maximum Gasteiger partial charge on any atom is 0.418 e. The normalized spacial score (nSPS) is 11.7. The number of nitrogens with zero attached hydrogens (tertiary/aromatic N) is 3. The van der Waals surface area contributed by atoms with E-state index < -0.39 is 11.7 Å². The third-order valence-electron chi connectivity index (χ3n) is 4.66. The minimum atomic E-state index is -4.51. The summed E-state index contributed by atoms with van der Waals surface area (Å²) in [4.78, 5) is 12.7. The molecule has 158 valence electrons. The van der Waals surface area contributed by atoms with Crippen molar-refractivity contribution in [3.63, 3.8) is 0 Å². The van der Waals surface area contributed by atoms with Gasteiger partial charge >= 0.3 is 6.18 Å². The number of hydrogen-bond donors (Lipinski definition) is 0. The molecule has 8 heteroatoms. The van der Waals surface area contributed by atoms with E-state index in [9.17, 15) is 13.2 Å². The van der Waals surface area contributed by atoms with E-state index in [2.05, 4.69) is 15.0 Å². The summed E-state index contributed by atoms with van der Waals surface area (Å²) in [6, 6.07) is 16.7. The van der Waals surface area contributed by atoms with E-state index in [0.29, 0.717) is 41.9 Å². The number of benzene rings is 2. The number of ether oxygens (including phenoxy) is 1. The molecule has 4 aromatic rings. The molecule has 0 unspecified atom stereocenters. The summed E-state index contributed by atoms with van der Waals surface area (Å²) in [5.41, 5.74) is 0.861. The van der Waals surface area contributed by atoms with E-state index in [1.807, 2.05) is 30.3 Å². The molecule has 0 saturated carbocycles. The summed E-state index contributed by atoms with van der Waals surface area (Å²) in [6.45, 7) is 0.848. The molecule has 2 aromatic heterocycles. The van der Waals surface area contributed by atoms with Crippen LogP contribution in [0.25, 0.3) is 22.2 Å². The summed E-state index contributed by atoms with van der Waals surface area (Å²) in [6.07, 6.45) is -2.76. The Bertz CT molecular complexity index is 1200. The predicted molar refractivity (Wildman–Crippen MR) is 113 cm³/mol. The fourth-order valence-electron chi connectivity index (χ4n) is 3.19. The van der Waals surface area contributed by atoms with Crippen molar-refractivity contribution in [2.24, 2.45) is 0 Å². The van der Waals surface area contributed by atoms with Crippen molar-refractivity contribution in [3.05, 3.63) is 89.0 Å². The molecule has 0 amide bonds. The second-order valence-electron chi connectivity index (χ2n) is 6.85. The maximum absolute atomic E-state index is 13.4. The Morgan fingerprint density at radius 3 is 2.52 bits per heavy atom. The number of hydrogen-bond acceptors (Lipinski definition) is 4. The Morgan fingerprint density at radius 1 is 0.935 bits per heavy atom. The second kappa shape index (κ2) is 8.99. The van der Waals surface area contributed by atoms with Crippen molar-refractivity contribution in [1.82, 2.24) is 15.0 Å². The first-order valence-corrected chi connectivity index (χ1v) is 9.90. The average Bonchev–Trinajstić information content (AvgIpc) is 2.76. The first-order chi connectivity index (χ1) is 14.9. The van der Waals surface area contributed by atoms with Gasteiger partial charge in [-0.05, 0) is 29.8 Å². The lowest BCUT2D eigenvalue weighted by atomic mass is 10.0. The van der Waals surface area contributed by atoms with Crippen LogP contribution >= 0.6 is 11.6 Å². The highest BCUT2D eigenvalue weighted by atomic mass is 35.5. The zero-order valence-electron chi connectivity index (χ0n) is 16.2. The van der Waals surface area contributed by atoms with Gasteiger partial charge < -0.3 is 4.74 Å². The minimum Gasteiger partial charge on any atom is -0.376 e. The van der Waals surface area contributed by atoms with Gasteiger partial charge in [0.1, 0.15) is 11.0 Å². The Hall–Kier alpha value is -3.03. The van der Waals surface area contributed by atoms with Crippen molar-refractivity contribution in [2.45, 2.75) is 19.2 Å². The van der Waals surface area contributed by atoms with Crippen molar-refractivity contribution in [1.29, 1.82) is 0 Å². The number of fused-ring (bicyclic) bond motifs is 1. The van der Waals surface area contributed by atoms with Gasteiger partial charge in [-0.3, -0.25) is 4.98 Å². The van der Waals surface area contributed by atoms with Crippen LogP contribution in [0.4, 0.5) is 13.2 Å². The quantitative estimate of drug-likeness (QED) is 0.266. The second-order valence-corrected chi connectivity index (χ2v) is 7.21. The van der Waals surface area contributed by atoms with Crippen LogP contribution in [0.2, 0.25) is 5.15 Å². The Labute approximate surface area is 181 Å². The van der Waals surface area contributed by atoms with Gasteiger partial charge in [-0.1, -0.05) is 48.0 Å². The van der Waals surface area contributed by atoms with E-state index in [1.165, 1.54) is 18.3 Å². The van der Waals surface area contributed by atoms with E-state index in [1.54, 1.807) is 12.1 Å². The highest BCUT2D eigenvalue weighted by molar-refractivity contribution is 6.34. The van der Waals surface area contributed by atoms with E-state index >= 15 is 0 Å². The monoisotopic (exact) mass is 443 g/mol. The largest absolute Gasteiger partial charge is 0.418 e. The Balaban J connectivity index is 1.57. The summed E-state index contributed by atoms with van der Waals surface area (Å²) in [5, 5.41) is 0.801. The number of rotatable bonds is 6. The molecular formula is C23H17ClF3N3O. The van der Waals surface area contributed by atoms with E-state index in [-0.39, 0.29) is 10.8 Å². The lowest BCUT2D eigenvalue weighted by Crippen LogP contribution is -2.08. The average molecular weight is 444 g/mol. The fourth-order valence-corrected chi connectivity index (χ4v) is 3.44. The van der Waals surface area contributed by atoms with Crippen molar-refractivity contribution < 1.29 is 17.9 Å². The molecule has 4 nitrogen and oxygen atoms in total. The van der Waals surface area contributed by atoms with Gasteiger partial charge in [0.15, 0.2) is 0 Å². The van der Waals surface area contributed by atoms with Gasteiger partial charge in [0.05, 0.1) is 30.0 Å². The number of pyridine rings is 1. The van der Waals surface area contributed by atoms with Gasteiger partial charge in [0.2, 0.25) is 0 Å². The topological polar surface area (TPSA) is 47.9 Å². The lowest BCUT2D eigenvalue weighted by Gasteiger charge is -2.12. The van der Waals surface area contributed by atoms with Gasteiger partial charge in [0.25, 0.3) is 0 Å². The molecule has 0 fully saturated rings. The third kappa shape index (κ3) is 5.00. The molecule has 0 atom stereocenters. The van der Waals surface area contributed by atoms with Crippen LogP contribution in [0.5, 0.6) is 0 Å². The summed E-state index contributed by atoms with van der Waals surface area (Å²) < 4.78 is 45.8. The molecule has 2 heterocycles. The van der Waals surface area contributed by atoms with E-state index in [4.69, 9.17) is 16.3 Å². The molecular weight excluding hydrogens is 427 g/mol. The molecule has 2 aromatic carbocycles. The van der Waals surface area contributed by atoms with E-state index in [0.717, 1.165) is 11.6 Å².